The van der Waals surface area contributed by atoms with Crippen molar-refractivity contribution in [3.05, 3.63) is 20.3 Å². The Kier molecular flexibility index (Phi) is 8.62. The van der Waals surface area contributed by atoms with Gasteiger partial charge in [0.15, 0.2) is 0 Å². The predicted octanol–water partition coefficient (Wildman–Crippen LogP) is 7.24. The van der Waals surface area contributed by atoms with Gasteiger partial charge in [0.25, 0.3) is 0 Å². The number of unbranched alkanes of at least 4 members (excludes halogenated alkanes) is 6. The van der Waals surface area contributed by atoms with E-state index in [4.69, 9.17) is 11.6 Å². The quantitative estimate of drug-likeness (QED) is 0.325. The molecule has 0 amide bonds. The summed E-state index contributed by atoms with van der Waals surface area (Å²) in [6.45, 7) is 4.40. The molecular formula is C15H24BrClS. The third-order valence-corrected chi connectivity index (χ3v) is 6.08. The highest BCUT2D eigenvalue weighted by Crippen LogP contribution is 2.36. The molecule has 1 rings (SSSR count). The summed E-state index contributed by atoms with van der Waals surface area (Å²) in [7, 11) is 0. The van der Waals surface area contributed by atoms with Gasteiger partial charge in [-0.15, -0.1) is 22.9 Å². The topological polar surface area (TPSA) is 0 Å². The van der Waals surface area contributed by atoms with Crippen molar-refractivity contribution >= 4 is 38.9 Å². The molecule has 1 atom stereocenters. The van der Waals surface area contributed by atoms with E-state index in [1.54, 1.807) is 0 Å². The summed E-state index contributed by atoms with van der Waals surface area (Å²) in [4.78, 5) is 2.64. The van der Waals surface area contributed by atoms with Gasteiger partial charge in [-0.2, -0.15) is 0 Å². The Bertz CT molecular complexity index is 316. The van der Waals surface area contributed by atoms with Gasteiger partial charge in [0.2, 0.25) is 0 Å². The van der Waals surface area contributed by atoms with Crippen molar-refractivity contribution in [1.29, 1.82) is 0 Å². The monoisotopic (exact) mass is 350 g/mol. The number of alkyl halides is 1. The lowest BCUT2D eigenvalue weighted by atomic mass is 10.1. The standard InChI is InChI=1S/C15H24BrClS/c1-3-4-5-6-7-8-9-10-14(17)15-11-13(16)12(2)18-15/h11,14H,3-10H2,1-2H3. The fourth-order valence-electron chi connectivity index (χ4n) is 2.06. The maximum atomic E-state index is 6.44. The van der Waals surface area contributed by atoms with Gasteiger partial charge < -0.3 is 0 Å². The zero-order valence-electron chi connectivity index (χ0n) is 11.5. The zero-order chi connectivity index (χ0) is 13.4. The minimum absolute atomic E-state index is 0.204. The van der Waals surface area contributed by atoms with Crippen LogP contribution in [-0.4, -0.2) is 0 Å². The van der Waals surface area contributed by atoms with Crippen LogP contribution in [-0.2, 0) is 0 Å². The number of hydrogen-bond donors (Lipinski definition) is 0. The first-order valence-electron chi connectivity index (χ1n) is 7.05. The summed E-state index contributed by atoms with van der Waals surface area (Å²) in [5.41, 5.74) is 0. The van der Waals surface area contributed by atoms with Crippen LogP contribution in [0.4, 0.5) is 0 Å². The van der Waals surface area contributed by atoms with Gasteiger partial charge in [-0.3, -0.25) is 0 Å². The number of thiophene rings is 1. The summed E-state index contributed by atoms with van der Waals surface area (Å²) in [6.07, 6.45) is 10.6. The molecule has 0 aliphatic carbocycles. The Labute approximate surface area is 129 Å². The average Bonchev–Trinajstić information content (AvgIpc) is 2.68. The molecule has 0 aliphatic rings. The molecule has 0 bridgehead atoms. The second-order valence-electron chi connectivity index (χ2n) is 4.93. The van der Waals surface area contributed by atoms with Gasteiger partial charge in [0, 0.05) is 14.2 Å². The summed E-state index contributed by atoms with van der Waals surface area (Å²) in [5, 5.41) is 0.204. The Morgan fingerprint density at radius 3 is 2.33 bits per heavy atom. The van der Waals surface area contributed by atoms with Gasteiger partial charge in [-0.1, -0.05) is 51.9 Å². The fourth-order valence-corrected chi connectivity index (χ4v) is 3.98. The maximum absolute atomic E-state index is 6.44. The molecule has 0 saturated carbocycles. The Morgan fingerprint density at radius 1 is 1.17 bits per heavy atom. The molecule has 0 spiro atoms. The first-order chi connectivity index (χ1) is 8.65. The second-order valence-corrected chi connectivity index (χ2v) is 7.60. The normalized spacial score (nSPS) is 12.9. The van der Waals surface area contributed by atoms with Gasteiger partial charge in [0.05, 0.1) is 5.38 Å². The molecule has 0 radical (unpaired) electrons. The summed E-state index contributed by atoms with van der Waals surface area (Å²) >= 11 is 11.8. The van der Waals surface area contributed by atoms with Crippen molar-refractivity contribution in [3.8, 4) is 0 Å². The average molecular weight is 352 g/mol. The van der Waals surface area contributed by atoms with Crippen LogP contribution in [0.5, 0.6) is 0 Å². The molecule has 18 heavy (non-hydrogen) atoms. The minimum atomic E-state index is 0.204. The lowest BCUT2D eigenvalue weighted by molar-refractivity contribution is 0.573. The Balaban J connectivity index is 2.12. The third-order valence-electron chi connectivity index (χ3n) is 3.25. The Hall–Kier alpha value is 0.470. The van der Waals surface area contributed by atoms with Crippen molar-refractivity contribution in [2.75, 3.05) is 0 Å². The molecule has 104 valence electrons. The number of rotatable bonds is 9. The van der Waals surface area contributed by atoms with Crippen LogP contribution in [0.2, 0.25) is 0 Å². The van der Waals surface area contributed by atoms with E-state index in [0.717, 1.165) is 6.42 Å². The van der Waals surface area contributed by atoms with Crippen LogP contribution in [0.15, 0.2) is 10.5 Å². The summed E-state index contributed by atoms with van der Waals surface area (Å²) < 4.78 is 1.20. The van der Waals surface area contributed by atoms with Crippen molar-refractivity contribution in [2.24, 2.45) is 0 Å². The van der Waals surface area contributed by atoms with Crippen LogP contribution < -0.4 is 0 Å². The molecule has 1 aromatic heterocycles. The molecular weight excluding hydrogens is 328 g/mol. The van der Waals surface area contributed by atoms with Crippen LogP contribution >= 0.6 is 38.9 Å². The highest BCUT2D eigenvalue weighted by atomic mass is 79.9. The number of hydrogen-bond acceptors (Lipinski definition) is 1. The SMILES string of the molecule is CCCCCCCCCC(Cl)c1cc(Br)c(C)s1. The van der Waals surface area contributed by atoms with Crippen molar-refractivity contribution < 1.29 is 0 Å². The van der Waals surface area contributed by atoms with E-state index in [1.165, 1.54) is 59.2 Å². The molecule has 0 nitrogen and oxygen atoms in total. The second kappa shape index (κ2) is 9.39. The van der Waals surface area contributed by atoms with E-state index in [0.29, 0.717) is 0 Å². The van der Waals surface area contributed by atoms with Gasteiger partial charge in [-0.05, 0) is 35.3 Å². The summed E-state index contributed by atoms with van der Waals surface area (Å²) in [6, 6.07) is 2.18. The fraction of sp³-hybridized carbons (Fsp3) is 0.733. The zero-order valence-corrected chi connectivity index (χ0v) is 14.6. The van der Waals surface area contributed by atoms with E-state index >= 15 is 0 Å². The molecule has 1 heterocycles. The van der Waals surface area contributed by atoms with E-state index in [2.05, 4.69) is 35.8 Å². The van der Waals surface area contributed by atoms with Crippen molar-refractivity contribution in [1.82, 2.24) is 0 Å². The van der Waals surface area contributed by atoms with Gasteiger partial charge >= 0.3 is 0 Å². The van der Waals surface area contributed by atoms with Crippen molar-refractivity contribution in [2.45, 2.75) is 70.6 Å². The molecule has 0 aliphatic heterocycles. The Morgan fingerprint density at radius 2 is 1.78 bits per heavy atom. The summed E-state index contributed by atoms with van der Waals surface area (Å²) in [5.74, 6) is 0. The lowest BCUT2D eigenvalue weighted by Crippen LogP contribution is -1.87. The molecule has 1 unspecified atom stereocenters. The van der Waals surface area contributed by atoms with Gasteiger partial charge in [-0.25, -0.2) is 0 Å². The van der Waals surface area contributed by atoms with Crippen LogP contribution in [0.25, 0.3) is 0 Å². The van der Waals surface area contributed by atoms with Gasteiger partial charge in [0.1, 0.15) is 0 Å². The molecule has 0 fully saturated rings. The smallest absolute Gasteiger partial charge is 0.0679 e. The number of aryl methyl sites for hydroxylation is 1. The van der Waals surface area contributed by atoms with E-state index in [-0.39, 0.29) is 5.38 Å². The largest absolute Gasteiger partial charge is 0.143 e. The first kappa shape index (κ1) is 16.5. The lowest BCUT2D eigenvalue weighted by Gasteiger charge is -2.06. The molecule has 0 aromatic carbocycles. The van der Waals surface area contributed by atoms with E-state index in [9.17, 15) is 0 Å². The van der Waals surface area contributed by atoms with Crippen LogP contribution in [0, 0.1) is 6.92 Å². The minimum Gasteiger partial charge on any atom is -0.143 e. The molecule has 1 aromatic rings. The molecule has 0 saturated heterocycles. The number of halogens is 2. The van der Waals surface area contributed by atoms with Crippen molar-refractivity contribution in [3.63, 3.8) is 0 Å². The first-order valence-corrected chi connectivity index (χ1v) is 9.09. The predicted molar refractivity (Wildman–Crippen MR) is 88.0 cm³/mol. The van der Waals surface area contributed by atoms with E-state index in [1.807, 2.05) is 11.3 Å². The maximum Gasteiger partial charge on any atom is 0.0679 e. The van der Waals surface area contributed by atoms with E-state index < -0.39 is 0 Å². The van der Waals surface area contributed by atoms with Crippen LogP contribution in [0.1, 0.15) is 73.4 Å². The highest BCUT2D eigenvalue weighted by Gasteiger charge is 2.12. The van der Waals surface area contributed by atoms with Crippen LogP contribution in [0.3, 0.4) is 0 Å². The molecule has 3 heteroatoms. The third kappa shape index (κ3) is 6.08. The highest BCUT2D eigenvalue weighted by molar-refractivity contribution is 9.10. The molecule has 0 N–H and O–H groups in total.